The second-order valence-electron chi connectivity index (χ2n) is 4.31. The fourth-order valence-corrected chi connectivity index (χ4v) is 3.74. The molecule has 2 heteroatoms. The van der Waals surface area contributed by atoms with Crippen molar-refractivity contribution >= 4 is 11.8 Å². The van der Waals surface area contributed by atoms with Gasteiger partial charge in [-0.05, 0) is 17.8 Å². The Labute approximate surface area is 80.7 Å². The van der Waals surface area contributed by atoms with Crippen molar-refractivity contribution in [3.63, 3.8) is 0 Å². The quantitative estimate of drug-likeness (QED) is 0.729. The average Bonchev–Trinajstić information content (AvgIpc) is 2.37. The predicted molar refractivity (Wildman–Crippen MR) is 57.4 cm³/mol. The number of hydrogen-bond acceptors (Lipinski definition) is 2. The molecule has 0 spiro atoms. The summed E-state index contributed by atoms with van der Waals surface area (Å²) >= 11 is 2.10. The molecule has 1 saturated heterocycles. The average molecular weight is 187 g/mol. The Morgan fingerprint density at radius 1 is 1.17 bits per heavy atom. The molecule has 0 aliphatic carbocycles. The van der Waals surface area contributed by atoms with Gasteiger partial charge in [-0.3, -0.25) is 0 Å². The van der Waals surface area contributed by atoms with E-state index in [1.807, 2.05) is 0 Å². The van der Waals surface area contributed by atoms with Crippen molar-refractivity contribution in [3.05, 3.63) is 0 Å². The monoisotopic (exact) mass is 187 g/mol. The van der Waals surface area contributed by atoms with Crippen molar-refractivity contribution in [2.75, 3.05) is 12.3 Å². The largest absolute Gasteiger partial charge is 0.304 e. The summed E-state index contributed by atoms with van der Waals surface area (Å²) in [4.78, 5) is 0. The van der Waals surface area contributed by atoms with Gasteiger partial charge in [0, 0.05) is 12.3 Å². The first-order valence-corrected chi connectivity index (χ1v) is 6.02. The summed E-state index contributed by atoms with van der Waals surface area (Å²) in [5.41, 5.74) is 0. The fraction of sp³-hybridized carbons (Fsp3) is 1.00. The van der Waals surface area contributed by atoms with Crippen molar-refractivity contribution in [1.29, 1.82) is 0 Å². The zero-order valence-electron chi connectivity index (χ0n) is 8.63. The van der Waals surface area contributed by atoms with E-state index in [0.29, 0.717) is 5.37 Å². The lowest BCUT2D eigenvalue weighted by atomic mass is 9.85. The highest BCUT2D eigenvalue weighted by molar-refractivity contribution is 8.00. The van der Waals surface area contributed by atoms with Crippen LogP contribution in [0.3, 0.4) is 0 Å². The highest BCUT2D eigenvalue weighted by atomic mass is 32.2. The van der Waals surface area contributed by atoms with Crippen LogP contribution in [0.25, 0.3) is 0 Å². The molecule has 1 N–H and O–H groups in total. The Balaban J connectivity index is 2.52. The summed E-state index contributed by atoms with van der Waals surface area (Å²) in [6.07, 6.45) is 0. The Kier molecular flexibility index (Phi) is 3.91. The molecular weight excluding hydrogens is 166 g/mol. The van der Waals surface area contributed by atoms with Gasteiger partial charge in [0.05, 0.1) is 5.37 Å². The van der Waals surface area contributed by atoms with Crippen LogP contribution < -0.4 is 5.32 Å². The molecule has 1 nitrogen and oxygen atoms in total. The van der Waals surface area contributed by atoms with Crippen LogP contribution >= 0.6 is 11.8 Å². The Morgan fingerprint density at radius 3 is 2.08 bits per heavy atom. The first-order valence-electron chi connectivity index (χ1n) is 4.98. The SMILES string of the molecule is CC(C)C(C(C)C)C1NCCS1. The minimum Gasteiger partial charge on any atom is -0.304 e. The predicted octanol–water partition coefficient (Wildman–Crippen LogP) is 2.58. The van der Waals surface area contributed by atoms with E-state index in [-0.39, 0.29) is 0 Å². The molecule has 0 aromatic carbocycles. The Morgan fingerprint density at radius 2 is 1.75 bits per heavy atom. The Bertz CT molecular complexity index is 120. The third kappa shape index (κ3) is 2.40. The Hall–Kier alpha value is 0.310. The van der Waals surface area contributed by atoms with Crippen LogP contribution in [0.15, 0.2) is 0 Å². The summed E-state index contributed by atoms with van der Waals surface area (Å²) in [7, 11) is 0. The van der Waals surface area contributed by atoms with Gasteiger partial charge in [-0.25, -0.2) is 0 Å². The molecule has 72 valence electrons. The molecule has 1 aliphatic rings. The van der Waals surface area contributed by atoms with Crippen molar-refractivity contribution in [3.8, 4) is 0 Å². The van der Waals surface area contributed by atoms with Gasteiger partial charge in [0.25, 0.3) is 0 Å². The number of thioether (sulfide) groups is 1. The van der Waals surface area contributed by atoms with E-state index >= 15 is 0 Å². The second-order valence-corrected chi connectivity index (χ2v) is 5.56. The molecule has 12 heavy (non-hydrogen) atoms. The van der Waals surface area contributed by atoms with Crippen LogP contribution in [-0.4, -0.2) is 17.7 Å². The molecule has 0 radical (unpaired) electrons. The van der Waals surface area contributed by atoms with E-state index in [2.05, 4.69) is 44.8 Å². The standard InChI is InChI=1S/C10H21NS/c1-7(2)9(8(3)4)10-11-5-6-12-10/h7-11H,5-6H2,1-4H3. The van der Waals surface area contributed by atoms with E-state index in [1.54, 1.807) is 0 Å². The fourth-order valence-electron chi connectivity index (χ4n) is 2.16. The van der Waals surface area contributed by atoms with Crippen LogP contribution in [0.5, 0.6) is 0 Å². The van der Waals surface area contributed by atoms with Crippen molar-refractivity contribution in [2.24, 2.45) is 17.8 Å². The highest BCUT2D eigenvalue weighted by Gasteiger charge is 2.29. The topological polar surface area (TPSA) is 12.0 Å². The zero-order valence-corrected chi connectivity index (χ0v) is 9.45. The van der Waals surface area contributed by atoms with Crippen molar-refractivity contribution in [2.45, 2.75) is 33.1 Å². The van der Waals surface area contributed by atoms with Crippen LogP contribution in [0, 0.1) is 17.8 Å². The third-order valence-electron chi connectivity index (χ3n) is 2.63. The normalized spacial score (nSPS) is 24.8. The van der Waals surface area contributed by atoms with Gasteiger partial charge in [-0.15, -0.1) is 11.8 Å². The lowest BCUT2D eigenvalue weighted by Gasteiger charge is -2.30. The third-order valence-corrected chi connectivity index (χ3v) is 3.91. The summed E-state index contributed by atoms with van der Waals surface area (Å²) in [5.74, 6) is 3.72. The maximum Gasteiger partial charge on any atom is 0.0566 e. The molecule has 0 aromatic heterocycles. The first kappa shape index (κ1) is 10.4. The second kappa shape index (κ2) is 4.52. The summed E-state index contributed by atoms with van der Waals surface area (Å²) in [5, 5.41) is 4.30. The van der Waals surface area contributed by atoms with Gasteiger partial charge in [-0.2, -0.15) is 0 Å². The molecule has 1 rings (SSSR count). The van der Waals surface area contributed by atoms with Crippen molar-refractivity contribution in [1.82, 2.24) is 5.32 Å². The van der Waals surface area contributed by atoms with E-state index in [1.165, 1.54) is 12.3 Å². The molecule has 0 bridgehead atoms. The molecule has 0 aromatic rings. The van der Waals surface area contributed by atoms with Crippen LogP contribution in [-0.2, 0) is 0 Å². The van der Waals surface area contributed by atoms with Crippen LogP contribution in [0.2, 0.25) is 0 Å². The number of nitrogens with one attached hydrogen (secondary N) is 1. The first-order chi connectivity index (χ1) is 5.63. The molecule has 1 aliphatic heterocycles. The molecular formula is C10H21NS. The summed E-state index contributed by atoms with van der Waals surface area (Å²) in [6, 6.07) is 0. The van der Waals surface area contributed by atoms with Gasteiger partial charge >= 0.3 is 0 Å². The minimum absolute atomic E-state index is 0.713. The van der Waals surface area contributed by atoms with Gasteiger partial charge in [-0.1, -0.05) is 27.7 Å². The van der Waals surface area contributed by atoms with Gasteiger partial charge < -0.3 is 5.32 Å². The van der Waals surface area contributed by atoms with Gasteiger partial charge in [0.2, 0.25) is 0 Å². The van der Waals surface area contributed by atoms with E-state index in [9.17, 15) is 0 Å². The maximum absolute atomic E-state index is 3.58. The molecule has 1 unspecified atom stereocenters. The van der Waals surface area contributed by atoms with Crippen LogP contribution in [0.4, 0.5) is 0 Å². The smallest absolute Gasteiger partial charge is 0.0566 e. The molecule has 0 saturated carbocycles. The molecule has 1 heterocycles. The number of rotatable bonds is 3. The zero-order chi connectivity index (χ0) is 9.14. The molecule has 1 atom stereocenters. The molecule has 1 fully saturated rings. The minimum atomic E-state index is 0.713. The van der Waals surface area contributed by atoms with Crippen molar-refractivity contribution < 1.29 is 0 Å². The lowest BCUT2D eigenvalue weighted by Crippen LogP contribution is -2.35. The maximum atomic E-state index is 3.58. The highest BCUT2D eigenvalue weighted by Crippen LogP contribution is 2.32. The summed E-state index contributed by atoms with van der Waals surface area (Å²) in [6.45, 7) is 10.6. The molecule has 0 amide bonds. The summed E-state index contributed by atoms with van der Waals surface area (Å²) < 4.78 is 0. The van der Waals surface area contributed by atoms with Crippen LogP contribution in [0.1, 0.15) is 27.7 Å². The van der Waals surface area contributed by atoms with E-state index < -0.39 is 0 Å². The van der Waals surface area contributed by atoms with E-state index in [4.69, 9.17) is 0 Å². The van der Waals surface area contributed by atoms with Gasteiger partial charge in [0.1, 0.15) is 0 Å². The van der Waals surface area contributed by atoms with E-state index in [0.717, 1.165) is 17.8 Å². The lowest BCUT2D eigenvalue weighted by molar-refractivity contribution is 0.265. The van der Waals surface area contributed by atoms with Gasteiger partial charge in [0.15, 0.2) is 0 Å². The number of hydrogen-bond donors (Lipinski definition) is 1.